The van der Waals surface area contributed by atoms with Gasteiger partial charge in [0.05, 0.1) is 12.6 Å². The van der Waals surface area contributed by atoms with Crippen LogP contribution in [0.2, 0.25) is 0 Å². The van der Waals surface area contributed by atoms with E-state index in [1.165, 1.54) is 11.1 Å². The Morgan fingerprint density at radius 3 is 2.48 bits per heavy atom. The van der Waals surface area contributed by atoms with E-state index >= 15 is 0 Å². The van der Waals surface area contributed by atoms with Gasteiger partial charge in [-0.1, -0.05) is 61.9 Å². The largest absolute Gasteiger partial charge is 0.321 e. The second kappa shape index (κ2) is 7.09. The first kappa shape index (κ1) is 16.0. The number of benzene rings is 1. The van der Waals surface area contributed by atoms with Crippen molar-refractivity contribution in [1.29, 1.82) is 0 Å². The average Bonchev–Trinajstić information content (AvgIpc) is 2.90. The van der Waals surface area contributed by atoms with E-state index < -0.39 is 0 Å². The van der Waals surface area contributed by atoms with Crippen LogP contribution in [0.15, 0.2) is 29.4 Å². The number of thioether (sulfide) groups is 1. The molecule has 2 rings (SSSR count). The summed E-state index contributed by atoms with van der Waals surface area (Å²) in [5.74, 6) is 1.27. The number of rotatable bonds is 6. The lowest BCUT2D eigenvalue weighted by molar-refractivity contribution is 0.422. The van der Waals surface area contributed by atoms with E-state index in [0.717, 1.165) is 23.9 Å². The van der Waals surface area contributed by atoms with E-state index in [1.54, 1.807) is 11.8 Å². The Hall–Kier alpha value is -1.33. The van der Waals surface area contributed by atoms with E-state index in [-0.39, 0.29) is 6.04 Å². The lowest BCUT2D eigenvalue weighted by Gasteiger charge is -2.19. The molecule has 1 aromatic heterocycles. The summed E-state index contributed by atoms with van der Waals surface area (Å²) >= 11 is 1.61. The molecule has 2 N–H and O–H groups in total. The van der Waals surface area contributed by atoms with Gasteiger partial charge in [0.2, 0.25) is 0 Å². The molecule has 0 bridgehead atoms. The molecule has 21 heavy (non-hydrogen) atoms. The summed E-state index contributed by atoms with van der Waals surface area (Å²) in [5.41, 5.74) is 8.87. The number of nitrogens with two attached hydrogens (primary N) is 1. The van der Waals surface area contributed by atoms with Gasteiger partial charge in [-0.15, -0.1) is 10.2 Å². The van der Waals surface area contributed by atoms with Crippen molar-refractivity contribution in [3.63, 3.8) is 0 Å². The molecule has 2 aromatic rings. The summed E-state index contributed by atoms with van der Waals surface area (Å²) in [5, 5.41) is 9.54. The Labute approximate surface area is 131 Å². The highest BCUT2D eigenvalue weighted by Gasteiger charge is 2.22. The molecule has 4 nitrogen and oxygen atoms in total. The van der Waals surface area contributed by atoms with Gasteiger partial charge >= 0.3 is 0 Å². The van der Waals surface area contributed by atoms with Crippen LogP contribution in [-0.4, -0.2) is 21.0 Å². The fourth-order valence-corrected chi connectivity index (χ4v) is 2.73. The van der Waals surface area contributed by atoms with E-state index in [4.69, 9.17) is 5.73 Å². The lowest BCUT2D eigenvalue weighted by atomic mass is 9.99. The second-order valence-corrected chi connectivity index (χ2v) is 6.30. The first-order chi connectivity index (χ1) is 10.1. The summed E-state index contributed by atoms with van der Waals surface area (Å²) in [6.07, 6.45) is 3.06. The number of hydrogen-bond donors (Lipinski definition) is 1. The Morgan fingerprint density at radius 1 is 1.24 bits per heavy atom. The number of hydrogen-bond acceptors (Lipinski definition) is 4. The normalized spacial score (nSPS) is 14.1. The summed E-state index contributed by atoms with van der Waals surface area (Å²) < 4.78 is 2.14. The zero-order chi connectivity index (χ0) is 15.4. The number of aromatic nitrogens is 3. The Bertz CT molecular complexity index is 576. The minimum atomic E-state index is -0.0751. The standard InChI is InChI=1S/C16H24N4S/c1-5-12(3)14(17)15-18-19-16(21-4)20(15)10-13-8-6-11(2)7-9-13/h6-9,12,14H,5,10,17H2,1-4H3/t12-,14+/m0/s1. The Kier molecular flexibility index (Phi) is 5.42. The maximum absolute atomic E-state index is 6.36. The van der Waals surface area contributed by atoms with Crippen molar-refractivity contribution < 1.29 is 0 Å². The zero-order valence-corrected chi connectivity index (χ0v) is 14.0. The molecular formula is C16H24N4S. The van der Waals surface area contributed by atoms with Crippen LogP contribution in [0.5, 0.6) is 0 Å². The van der Waals surface area contributed by atoms with Gasteiger partial charge in [0.1, 0.15) is 0 Å². The third-order valence-corrected chi connectivity index (χ3v) is 4.61. The second-order valence-electron chi connectivity index (χ2n) is 5.53. The van der Waals surface area contributed by atoms with Crippen molar-refractivity contribution in [2.24, 2.45) is 11.7 Å². The van der Waals surface area contributed by atoms with Crippen LogP contribution in [0.1, 0.15) is 43.3 Å². The zero-order valence-electron chi connectivity index (χ0n) is 13.2. The molecular weight excluding hydrogens is 280 g/mol. The van der Waals surface area contributed by atoms with Crippen LogP contribution in [0.4, 0.5) is 0 Å². The van der Waals surface area contributed by atoms with E-state index in [9.17, 15) is 0 Å². The van der Waals surface area contributed by atoms with Gasteiger partial charge in [-0.2, -0.15) is 0 Å². The van der Waals surface area contributed by atoms with Gasteiger partial charge in [-0.3, -0.25) is 0 Å². The predicted octanol–water partition coefficient (Wildman–Crippen LogP) is 3.40. The van der Waals surface area contributed by atoms with Gasteiger partial charge in [0, 0.05) is 0 Å². The molecule has 0 fully saturated rings. The molecule has 114 valence electrons. The van der Waals surface area contributed by atoms with Crippen molar-refractivity contribution in [2.45, 2.75) is 44.9 Å². The van der Waals surface area contributed by atoms with Crippen molar-refractivity contribution >= 4 is 11.8 Å². The molecule has 0 spiro atoms. The van der Waals surface area contributed by atoms with Gasteiger partial charge in [0.15, 0.2) is 11.0 Å². The molecule has 0 aliphatic rings. The molecule has 0 radical (unpaired) electrons. The maximum Gasteiger partial charge on any atom is 0.191 e. The number of aryl methyl sites for hydroxylation is 1. The van der Waals surface area contributed by atoms with E-state index in [0.29, 0.717) is 5.92 Å². The summed E-state index contributed by atoms with van der Waals surface area (Å²) in [6, 6.07) is 8.49. The molecule has 1 aromatic carbocycles. The van der Waals surface area contributed by atoms with E-state index in [2.05, 4.69) is 59.8 Å². The van der Waals surface area contributed by atoms with Crippen molar-refractivity contribution in [2.75, 3.05) is 6.26 Å². The van der Waals surface area contributed by atoms with E-state index in [1.807, 2.05) is 6.26 Å². The summed E-state index contributed by atoms with van der Waals surface area (Å²) in [4.78, 5) is 0. The monoisotopic (exact) mass is 304 g/mol. The average molecular weight is 304 g/mol. The molecule has 5 heteroatoms. The van der Waals surface area contributed by atoms with Gasteiger partial charge < -0.3 is 10.3 Å². The lowest BCUT2D eigenvalue weighted by Crippen LogP contribution is -2.23. The summed E-state index contributed by atoms with van der Waals surface area (Å²) in [6.45, 7) is 7.18. The third kappa shape index (κ3) is 3.66. The molecule has 0 aliphatic heterocycles. The van der Waals surface area contributed by atoms with Gasteiger partial charge in [-0.05, 0) is 24.7 Å². The van der Waals surface area contributed by atoms with Gasteiger partial charge in [-0.25, -0.2) is 0 Å². The number of nitrogens with zero attached hydrogens (tertiary/aromatic N) is 3. The van der Waals surface area contributed by atoms with Crippen LogP contribution in [0.3, 0.4) is 0 Å². The molecule has 1 heterocycles. The van der Waals surface area contributed by atoms with Crippen molar-refractivity contribution in [3.05, 3.63) is 41.2 Å². The SMILES string of the molecule is CC[C@H](C)[C@@H](N)c1nnc(SC)n1Cc1ccc(C)cc1. The van der Waals surface area contributed by atoms with Crippen LogP contribution in [-0.2, 0) is 6.54 Å². The van der Waals surface area contributed by atoms with Crippen LogP contribution >= 0.6 is 11.8 Å². The highest BCUT2D eigenvalue weighted by molar-refractivity contribution is 7.98. The fourth-order valence-electron chi connectivity index (χ4n) is 2.23. The fraction of sp³-hybridized carbons (Fsp3) is 0.500. The molecule has 0 amide bonds. The predicted molar refractivity (Wildman–Crippen MR) is 88.5 cm³/mol. The molecule has 0 unspecified atom stereocenters. The third-order valence-electron chi connectivity index (χ3n) is 3.94. The smallest absolute Gasteiger partial charge is 0.191 e. The van der Waals surface area contributed by atoms with Crippen molar-refractivity contribution in [1.82, 2.24) is 14.8 Å². The Morgan fingerprint density at radius 2 is 1.90 bits per heavy atom. The minimum Gasteiger partial charge on any atom is -0.321 e. The van der Waals surface area contributed by atoms with Crippen LogP contribution in [0.25, 0.3) is 0 Å². The minimum absolute atomic E-state index is 0.0751. The first-order valence-corrected chi connectivity index (χ1v) is 8.57. The van der Waals surface area contributed by atoms with Crippen molar-refractivity contribution in [3.8, 4) is 0 Å². The molecule has 0 saturated heterocycles. The molecule has 2 atom stereocenters. The molecule has 0 saturated carbocycles. The van der Waals surface area contributed by atoms with Crippen LogP contribution in [0, 0.1) is 12.8 Å². The maximum atomic E-state index is 6.36. The first-order valence-electron chi connectivity index (χ1n) is 7.35. The quantitative estimate of drug-likeness (QED) is 0.831. The summed E-state index contributed by atoms with van der Waals surface area (Å²) in [7, 11) is 0. The highest BCUT2D eigenvalue weighted by Crippen LogP contribution is 2.24. The van der Waals surface area contributed by atoms with Crippen LogP contribution < -0.4 is 5.73 Å². The van der Waals surface area contributed by atoms with Gasteiger partial charge in [0.25, 0.3) is 0 Å². The molecule has 0 aliphatic carbocycles. The topological polar surface area (TPSA) is 56.7 Å². The highest BCUT2D eigenvalue weighted by atomic mass is 32.2. The Balaban J connectivity index is 2.32.